The highest BCUT2D eigenvalue weighted by atomic mass is 16.3. The first-order valence-corrected chi connectivity index (χ1v) is 15.0. The molecule has 8 aromatic rings. The maximum Gasteiger partial charge on any atom is 0.196 e. The smallest absolute Gasteiger partial charge is 0.196 e. The van der Waals surface area contributed by atoms with Crippen LogP contribution in [0.2, 0.25) is 0 Å². The van der Waals surface area contributed by atoms with Crippen molar-refractivity contribution in [1.29, 1.82) is 0 Å². The van der Waals surface area contributed by atoms with Gasteiger partial charge in [0.2, 0.25) is 0 Å². The van der Waals surface area contributed by atoms with Crippen LogP contribution in [0.4, 0.5) is 0 Å². The molecule has 6 aromatic heterocycles. The largest absolute Gasteiger partial charge is 0.464 e. The number of aromatic nitrogens is 4. The van der Waals surface area contributed by atoms with Gasteiger partial charge in [-0.1, -0.05) is 23.3 Å². The van der Waals surface area contributed by atoms with E-state index in [1.54, 1.807) is 12.5 Å². The van der Waals surface area contributed by atoms with Gasteiger partial charge in [0.1, 0.15) is 11.2 Å². The molecular formula is C38H32N4O4. The molecule has 0 bridgehead atoms. The minimum atomic E-state index is -0.207. The van der Waals surface area contributed by atoms with E-state index in [-0.39, 0.29) is 22.7 Å². The van der Waals surface area contributed by atoms with Crippen LogP contribution in [-0.4, -0.2) is 19.9 Å². The molecular weight excluding hydrogens is 576 g/mol. The van der Waals surface area contributed by atoms with Crippen LogP contribution >= 0.6 is 0 Å². The molecule has 0 saturated carbocycles. The maximum atomic E-state index is 13.0. The number of aryl methyl sites for hydroxylation is 2. The molecule has 0 aliphatic heterocycles. The van der Waals surface area contributed by atoms with Gasteiger partial charge in [0.05, 0.1) is 46.3 Å². The summed E-state index contributed by atoms with van der Waals surface area (Å²) >= 11 is 0. The Hall–Kier alpha value is -6.02. The van der Waals surface area contributed by atoms with E-state index < -0.39 is 0 Å². The van der Waals surface area contributed by atoms with Crippen molar-refractivity contribution in [3.8, 4) is 0 Å². The molecule has 0 saturated heterocycles. The van der Waals surface area contributed by atoms with Gasteiger partial charge in [0.25, 0.3) is 0 Å². The highest BCUT2D eigenvalue weighted by Gasteiger charge is 2.24. The van der Waals surface area contributed by atoms with E-state index in [9.17, 15) is 9.59 Å². The second-order valence-corrected chi connectivity index (χ2v) is 11.4. The molecule has 0 spiro atoms. The first kappa shape index (κ1) is 28.7. The van der Waals surface area contributed by atoms with Crippen LogP contribution in [0, 0.1) is 13.8 Å². The summed E-state index contributed by atoms with van der Waals surface area (Å²) in [6.07, 6.45) is 10.6. The summed E-state index contributed by atoms with van der Waals surface area (Å²) in [6, 6.07) is 27.0. The van der Waals surface area contributed by atoms with Crippen LogP contribution in [-0.2, 0) is 0 Å². The zero-order valence-corrected chi connectivity index (χ0v) is 25.3. The molecule has 6 heterocycles. The molecule has 2 aromatic carbocycles. The normalized spacial score (nSPS) is 11.4. The van der Waals surface area contributed by atoms with Gasteiger partial charge in [0, 0.05) is 47.6 Å². The van der Waals surface area contributed by atoms with Crippen molar-refractivity contribution in [2.24, 2.45) is 0 Å². The van der Waals surface area contributed by atoms with Crippen LogP contribution in [0.1, 0.15) is 56.9 Å². The monoisotopic (exact) mass is 608 g/mol. The molecule has 0 aliphatic rings. The molecule has 0 fully saturated rings. The van der Waals surface area contributed by atoms with Gasteiger partial charge >= 0.3 is 0 Å². The number of hydrogen-bond donors (Lipinski definition) is 4. The lowest BCUT2D eigenvalue weighted by molar-refractivity contribution is 0.589. The Morgan fingerprint density at radius 1 is 0.500 bits per heavy atom. The van der Waals surface area contributed by atoms with Crippen LogP contribution in [0.25, 0.3) is 21.9 Å². The Labute approximate surface area is 263 Å². The Balaban J connectivity index is 0.000000147. The number of fused-ring (bicyclic) bond motifs is 2. The fourth-order valence-corrected chi connectivity index (χ4v) is 6.02. The lowest BCUT2D eigenvalue weighted by Crippen LogP contribution is -2.16. The second-order valence-electron chi connectivity index (χ2n) is 11.4. The summed E-state index contributed by atoms with van der Waals surface area (Å²) in [5.74, 6) is -0.415. The minimum Gasteiger partial charge on any atom is -0.464 e. The number of aromatic amines is 4. The summed E-state index contributed by atoms with van der Waals surface area (Å²) < 4.78 is 11.5. The number of hydrogen-bond acceptors (Lipinski definition) is 4. The third kappa shape index (κ3) is 5.41. The topological polar surface area (TPSA) is 124 Å². The van der Waals surface area contributed by atoms with E-state index in [0.717, 1.165) is 33.9 Å². The molecule has 0 radical (unpaired) electrons. The molecule has 4 N–H and O–H groups in total. The standard InChI is InChI=1S/2C19H16N2O2/c2*1-12-6-7-17-13(10-12)19(22)14(11-23-17)18(15-4-2-8-20-15)16-5-3-9-21-16/h2*2-11,18,20-21H,1H3. The van der Waals surface area contributed by atoms with Crippen molar-refractivity contribution < 1.29 is 8.83 Å². The van der Waals surface area contributed by atoms with Crippen molar-refractivity contribution in [3.63, 3.8) is 0 Å². The third-order valence-electron chi connectivity index (χ3n) is 8.26. The zero-order chi connectivity index (χ0) is 31.6. The van der Waals surface area contributed by atoms with Crippen molar-refractivity contribution in [2.75, 3.05) is 0 Å². The van der Waals surface area contributed by atoms with Gasteiger partial charge in [-0.3, -0.25) is 9.59 Å². The van der Waals surface area contributed by atoms with Crippen LogP contribution in [0.3, 0.4) is 0 Å². The third-order valence-corrected chi connectivity index (χ3v) is 8.26. The Morgan fingerprint density at radius 3 is 1.15 bits per heavy atom. The van der Waals surface area contributed by atoms with Gasteiger partial charge in [-0.15, -0.1) is 0 Å². The van der Waals surface area contributed by atoms with Crippen LogP contribution in [0.15, 0.2) is 141 Å². The highest BCUT2D eigenvalue weighted by Crippen LogP contribution is 2.30. The fourth-order valence-electron chi connectivity index (χ4n) is 6.02. The molecule has 46 heavy (non-hydrogen) atoms. The molecule has 0 atom stereocenters. The van der Waals surface area contributed by atoms with Gasteiger partial charge in [-0.2, -0.15) is 0 Å². The minimum absolute atomic E-state index is 0.00384. The van der Waals surface area contributed by atoms with E-state index in [1.165, 1.54) is 0 Å². The predicted octanol–water partition coefficient (Wildman–Crippen LogP) is 7.88. The van der Waals surface area contributed by atoms with Crippen molar-refractivity contribution in [3.05, 3.63) is 188 Å². The SMILES string of the molecule is Cc1ccc2occ(C(c3ccc[nH]3)c3ccc[nH]3)c(=O)c2c1.Cc1ccc2occ(C(c3ccc[nH]3)c3ccc[nH]3)c(=O)c2c1. The van der Waals surface area contributed by atoms with Crippen molar-refractivity contribution in [1.82, 2.24) is 19.9 Å². The number of rotatable bonds is 6. The van der Waals surface area contributed by atoms with E-state index >= 15 is 0 Å². The lowest BCUT2D eigenvalue weighted by Gasteiger charge is -2.14. The van der Waals surface area contributed by atoms with E-state index in [0.29, 0.717) is 33.1 Å². The first-order valence-electron chi connectivity index (χ1n) is 15.0. The summed E-state index contributed by atoms with van der Waals surface area (Å²) in [5.41, 5.74) is 8.35. The predicted molar refractivity (Wildman–Crippen MR) is 180 cm³/mol. The van der Waals surface area contributed by atoms with Gasteiger partial charge in [-0.25, -0.2) is 0 Å². The van der Waals surface area contributed by atoms with Crippen molar-refractivity contribution >= 4 is 21.9 Å². The first-order chi connectivity index (χ1) is 22.5. The average Bonchev–Trinajstić information content (AvgIpc) is 3.91. The van der Waals surface area contributed by atoms with E-state index in [2.05, 4.69) is 19.9 Å². The molecule has 8 heteroatoms. The fraction of sp³-hybridized carbons (Fsp3) is 0.105. The summed E-state index contributed by atoms with van der Waals surface area (Å²) in [5, 5.41) is 1.23. The molecule has 8 nitrogen and oxygen atoms in total. The molecule has 0 amide bonds. The Morgan fingerprint density at radius 2 is 0.848 bits per heavy atom. The average molecular weight is 609 g/mol. The summed E-state index contributed by atoms with van der Waals surface area (Å²) in [6.45, 7) is 3.94. The summed E-state index contributed by atoms with van der Waals surface area (Å²) in [4.78, 5) is 38.9. The summed E-state index contributed by atoms with van der Waals surface area (Å²) in [7, 11) is 0. The van der Waals surface area contributed by atoms with Gasteiger partial charge < -0.3 is 28.8 Å². The number of H-pyrrole nitrogens is 4. The molecule has 0 aliphatic carbocycles. The van der Waals surface area contributed by atoms with Crippen molar-refractivity contribution in [2.45, 2.75) is 25.7 Å². The Kier molecular flexibility index (Phi) is 7.60. The zero-order valence-electron chi connectivity index (χ0n) is 25.3. The van der Waals surface area contributed by atoms with E-state index in [1.807, 2.05) is 124 Å². The second kappa shape index (κ2) is 12.2. The molecule has 8 rings (SSSR count). The molecule has 228 valence electrons. The Bertz CT molecular complexity index is 2090. The maximum absolute atomic E-state index is 13.0. The van der Waals surface area contributed by atoms with Crippen LogP contribution in [0.5, 0.6) is 0 Å². The quantitative estimate of drug-likeness (QED) is 0.153. The lowest BCUT2D eigenvalue weighted by atomic mass is 9.93. The number of nitrogens with one attached hydrogen (secondary N) is 4. The molecule has 0 unspecified atom stereocenters. The van der Waals surface area contributed by atoms with E-state index in [4.69, 9.17) is 8.83 Å². The highest BCUT2D eigenvalue weighted by molar-refractivity contribution is 5.79. The van der Waals surface area contributed by atoms with Gasteiger partial charge in [-0.05, 0) is 86.6 Å². The van der Waals surface area contributed by atoms with Crippen LogP contribution < -0.4 is 10.9 Å². The van der Waals surface area contributed by atoms with Gasteiger partial charge in [0.15, 0.2) is 10.9 Å². The number of benzene rings is 2.